The van der Waals surface area contributed by atoms with E-state index in [1.54, 1.807) is 0 Å². The van der Waals surface area contributed by atoms with Gasteiger partial charge in [-0.3, -0.25) is 4.79 Å². The van der Waals surface area contributed by atoms with E-state index in [4.69, 9.17) is 0 Å². The highest BCUT2D eigenvalue weighted by molar-refractivity contribution is 8.18. The van der Waals surface area contributed by atoms with E-state index in [1.165, 1.54) is 12.1 Å². The highest BCUT2D eigenvalue weighted by Crippen LogP contribution is 2.28. The van der Waals surface area contributed by atoms with Crippen LogP contribution in [0.2, 0.25) is 0 Å². The molecule has 0 spiro atoms. The van der Waals surface area contributed by atoms with E-state index in [-0.39, 0.29) is 11.5 Å². The number of aryl methyl sites for hydroxylation is 1. The fourth-order valence-electron chi connectivity index (χ4n) is 2.06. The summed E-state index contributed by atoms with van der Waals surface area (Å²) in [5.74, 6) is -1.73. The zero-order valence-electron chi connectivity index (χ0n) is 12.1. The molecular weight excluding hydrogens is 318 g/mol. The molecule has 1 saturated heterocycles. The Bertz CT molecular complexity index is 846. The maximum Gasteiger partial charge on any atom is 0.264 e. The molecule has 1 N–H and O–H groups in total. The summed E-state index contributed by atoms with van der Waals surface area (Å²) in [5, 5.41) is 3.06. The second-order valence-corrected chi connectivity index (χ2v) is 6.02. The predicted octanol–water partition coefficient (Wildman–Crippen LogP) is 4.16. The fourth-order valence-corrected chi connectivity index (χ4v) is 2.89. The average molecular weight is 330 g/mol. The first-order valence-corrected chi connectivity index (χ1v) is 7.64. The molecule has 1 fully saturated rings. The average Bonchev–Trinajstić information content (AvgIpc) is 2.82. The Kier molecular flexibility index (Phi) is 4.25. The van der Waals surface area contributed by atoms with Crippen molar-refractivity contribution >= 4 is 34.6 Å². The first-order chi connectivity index (χ1) is 11.0. The third-order valence-electron chi connectivity index (χ3n) is 3.13. The number of carbonyl (C=O) groups is 1. The molecule has 0 bridgehead atoms. The van der Waals surface area contributed by atoms with Crippen LogP contribution in [0.5, 0.6) is 0 Å². The van der Waals surface area contributed by atoms with Gasteiger partial charge in [0.2, 0.25) is 0 Å². The van der Waals surface area contributed by atoms with Gasteiger partial charge in [0.25, 0.3) is 5.91 Å². The molecule has 0 unspecified atom stereocenters. The largest absolute Gasteiger partial charge is 0.300 e. The third kappa shape index (κ3) is 3.65. The Hall–Kier alpha value is -2.47. The number of aliphatic imine (C=N–C) groups is 1. The van der Waals surface area contributed by atoms with Crippen LogP contribution in [0, 0.1) is 18.6 Å². The lowest BCUT2D eigenvalue weighted by atomic mass is 10.2. The maximum absolute atomic E-state index is 13.7. The lowest BCUT2D eigenvalue weighted by Gasteiger charge is -1.98. The molecule has 0 aliphatic carbocycles. The summed E-state index contributed by atoms with van der Waals surface area (Å²) in [6.45, 7) is 1.95. The van der Waals surface area contributed by atoms with Gasteiger partial charge in [-0.1, -0.05) is 12.1 Å². The van der Waals surface area contributed by atoms with Crippen molar-refractivity contribution in [3.63, 3.8) is 0 Å². The van der Waals surface area contributed by atoms with Crippen molar-refractivity contribution in [1.29, 1.82) is 0 Å². The van der Waals surface area contributed by atoms with Gasteiger partial charge in [0.15, 0.2) is 5.17 Å². The van der Waals surface area contributed by atoms with E-state index < -0.39 is 11.6 Å². The summed E-state index contributed by atoms with van der Waals surface area (Å²) < 4.78 is 26.6. The number of amides is 1. The quantitative estimate of drug-likeness (QED) is 0.840. The molecule has 0 aromatic heterocycles. The first kappa shape index (κ1) is 15.4. The minimum Gasteiger partial charge on any atom is -0.300 e. The zero-order chi connectivity index (χ0) is 16.4. The number of thioether (sulfide) groups is 1. The molecule has 1 amide bonds. The fraction of sp³-hybridized carbons (Fsp3) is 0.0588. The van der Waals surface area contributed by atoms with Crippen LogP contribution in [0.3, 0.4) is 0 Å². The van der Waals surface area contributed by atoms with Crippen molar-refractivity contribution in [3.05, 3.63) is 70.1 Å². The van der Waals surface area contributed by atoms with E-state index in [1.807, 2.05) is 31.2 Å². The Morgan fingerprint density at radius 3 is 2.74 bits per heavy atom. The second-order valence-electron chi connectivity index (χ2n) is 4.99. The van der Waals surface area contributed by atoms with Crippen LogP contribution in [0.15, 0.2) is 52.4 Å². The molecule has 3 nitrogen and oxygen atoms in total. The van der Waals surface area contributed by atoms with E-state index in [9.17, 15) is 13.6 Å². The van der Waals surface area contributed by atoms with Gasteiger partial charge in [0, 0.05) is 11.6 Å². The summed E-state index contributed by atoms with van der Waals surface area (Å²) >= 11 is 1.12. The van der Waals surface area contributed by atoms with Crippen molar-refractivity contribution in [2.75, 3.05) is 0 Å². The molecule has 2 aromatic rings. The monoisotopic (exact) mass is 330 g/mol. The maximum atomic E-state index is 13.7. The number of hydrogen-bond acceptors (Lipinski definition) is 3. The lowest BCUT2D eigenvalue weighted by molar-refractivity contribution is -0.115. The SMILES string of the molecule is Cc1cccc(N=C2NC(=O)/C(=C\c3ccc(F)cc3F)S2)c1. The highest BCUT2D eigenvalue weighted by Gasteiger charge is 2.24. The number of nitrogens with one attached hydrogen (secondary N) is 1. The standard InChI is InChI=1S/C17H12F2N2OS/c1-10-3-2-4-13(7-10)20-17-21-16(22)15(23-17)8-11-5-6-12(18)9-14(11)19/h2-9H,1H3,(H,20,21,22)/b15-8+. The summed E-state index contributed by atoms with van der Waals surface area (Å²) in [7, 11) is 0. The number of benzene rings is 2. The van der Waals surface area contributed by atoms with Gasteiger partial charge in [-0.25, -0.2) is 13.8 Å². The van der Waals surface area contributed by atoms with Gasteiger partial charge in [0.1, 0.15) is 11.6 Å². The van der Waals surface area contributed by atoms with Crippen molar-refractivity contribution < 1.29 is 13.6 Å². The molecule has 1 aliphatic heterocycles. The Morgan fingerprint density at radius 1 is 1.17 bits per heavy atom. The van der Waals surface area contributed by atoms with Crippen molar-refractivity contribution in [2.45, 2.75) is 6.92 Å². The minimum atomic E-state index is -0.713. The summed E-state index contributed by atoms with van der Waals surface area (Å²) in [4.78, 5) is 16.6. The highest BCUT2D eigenvalue weighted by atomic mass is 32.2. The number of rotatable bonds is 2. The first-order valence-electron chi connectivity index (χ1n) is 6.82. The molecule has 0 atom stereocenters. The van der Waals surface area contributed by atoms with Crippen molar-refractivity contribution in [1.82, 2.24) is 5.32 Å². The molecule has 1 heterocycles. The van der Waals surface area contributed by atoms with Crippen LogP contribution in [0.25, 0.3) is 6.08 Å². The van der Waals surface area contributed by atoms with E-state index >= 15 is 0 Å². The number of nitrogens with zero attached hydrogens (tertiary/aromatic N) is 1. The van der Waals surface area contributed by atoms with Crippen molar-refractivity contribution in [2.24, 2.45) is 4.99 Å². The molecule has 6 heteroatoms. The molecule has 23 heavy (non-hydrogen) atoms. The summed E-state index contributed by atoms with van der Waals surface area (Å²) in [6, 6.07) is 10.8. The van der Waals surface area contributed by atoms with Crippen LogP contribution in [-0.2, 0) is 4.79 Å². The Balaban J connectivity index is 1.86. The van der Waals surface area contributed by atoms with Crippen molar-refractivity contribution in [3.8, 4) is 0 Å². The molecular formula is C17H12F2N2OS. The summed E-state index contributed by atoms with van der Waals surface area (Å²) in [6.07, 6.45) is 1.38. The summed E-state index contributed by atoms with van der Waals surface area (Å²) in [5.41, 5.74) is 1.94. The Morgan fingerprint density at radius 2 is 2.00 bits per heavy atom. The van der Waals surface area contributed by atoms with E-state index in [0.29, 0.717) is 10.1 Å². The lowest BCUT2D eigenvalue weighted by Crippen LogP contribution is -2.19. The Labute approximate surface area is 136 Å². The number of halogens is 2. The van der Waals surface area contributed by atoms with Gasteiger partial charge in [-0.2, -0.15) is 0 Å². The van der Waals surface area contributed by atoms with E-state index in [2.05, 4.69) is 10.3 Å². The van der Waals surface area contributed by atoms with Gasteiger partial charge in [-0.15, -0.1) is 0 Å². The van der Waals surface area contributed by atoms with Gasteiger partial charge >= 0.3 is 0 Å². The molecule has 1 aliphatic rings. The normalized spacial score (nSPS) is 17.8. The van der Waals surface area contributed by atoms with Gasteiger partial charge < -0.3 is 5.32 Å². The van der Waals surface area contributed by atoms with Crippen LogP contribution >= 0.6 is 11.8 Å². The molecule has 2 aromatic carbocycles. The molecule has 0 radical (unpaired) electrons. The number of amidine groups is 1. The molecule has 116 valence electrons. The van der Waals surface area contributed by atoms with Crippen LogP contribution in [-0.4, -0.2) is 11.1 Å². The second kappa shape index (κ2) is 6.34. The van der Waals surface area contributed by atoms with Crippen LogP contribution in [0.4, 0.5) is 14.5 Å². The molecule has 0 saturated carbocycles. The zero-order valence-corrected chi connectivity index (χ0v) is 13.0. The number of carbonyl (C=O) groups excluding carboxylic acids is 1. The van der Waals surface area contributed by atoms with Gasteiger partial charge in [0.05, 0.1) is 10.6 Å². The smallest absolute Gasteiger partial charge is 0.264 e. The van der Waals surface area contributed by atoms with E-state index in [0.717, 1.165) is 35.1 Å². The van der Waals surface area contributed by atoms with Crippen LogP contribution in [0.1, 0.15) is 11.1 Å². The number of hydrogen-bond donors (Lipinski definition) is 1. The van der Waals surface area contributed by atoms with Crippen LogP contribution < -0.4 is 5.32 Å². The molecule has 3 rings (SSSR count). The van der Waals surface area contributed by atoms with Gasteiger partial charge in [-0.05, 0) is 54.6 Å². The minimum absolute atomic E-state index is 0.154. The predicted molar refractivity (Wildman–Crippen MR) is 88.3 cm³/mol. The third-order valence-corrected chi connectivity index (χ3v) is 4.04. The topological polar surface area (TPSA) is 41.5 Å².